The molecule has 0 spiro atoms. The molecule has 3 heterocycles. The van der Waals surface area contributed by atoms with Gasteiger partial charge < -0.3 is 4.40 Å². The number of nitrogens with zero attached hydrogens (tertiary/aromatic N) is 2. The van der Waals surface area contributed by atoms with Crippen molar-refractivity contribution in [2.24, 2.45) is 12.5 Å². The van der Waals surface area contributed by atoms with E-state index in [1.165, 1.54) is 91.4 Å². The standard InChI is InChI=1S/C35H39N2/c1-21-8-10-27-26-11-9-25(34(2,3)4)20-28(26)37-29-19-24(22-12-15-35(5,6)16-13-22)18-23-14-17-36(7)33(31(23)29)30(21)32(27)37/h8-11,14,17-20,22H,12-13,15-16H2,1-7H3/q+1. The fraction of sp³-hybridized carbons (Fsp3) is 0.400. The largest absolute Gasteiger partial charge is 0.307 e. The van der Waals surface area contributed by atoms with Crippen LogP contribution in [0.5, 0.6) is 0 Å². The Bertz CT molecular complexity index is 1850. The van der Waals surface area contributed by atoms with Crippen LogP contribution < -0.4 is 4.57 Å². The molecule has 3 aromatic carbocycles. The zero-order valence-corrected chi connectivity index (χ0v) is 23.5. The van der Waals surface area contributed by atoms with Crippen molar-refractivity contribution in [3.8, 4) is 0 Å². The number of aryl methyl sites for hydroxylation is 2. The summed E-state index contributed by atoms with van der Waals surface area (Å²) in [5, 5.41) is 6.88. The SMILES string of the molecule is Cc1ccc2c3ccc(C(C)(C)C)cc3n3c4cc(C5CCC(C)(C)CC5)cc5cc[n+](C)c(c1c23)c54. The molecule has 0 amide bonds. The lowest BCUT2D eigenvalue weighted by Crippen LogP contribution is -2.29. The van der Waals surface area contributed by atoms with Crippen LogP contribution >= 0.6 is 0 Å². The van der Waals surface area contributed by atoms with Gasteiger partial charge in [-0.1, -0.05) is 65.0 Å². The van der Waals surface area contributed by atoms with E-state index in [1.807, 2.05) is 0 Å². The predicted molar refractivity (Wildman–Crippen MR) is 158 cm³/mol. The van der Waals surface area contributed by atoms with Crippen LogP contribution in [0.2, 0.25) is 0 Å². The molecule has 7 rings (SSSR count). The molecule has 6 aromatic rings. The van der Waals surface area contributed by atoms with Crippen molar-refractivity contribution in [3.63, 3.8) is 0 Å². The van der Waals surface area contributed by atoms with Crippen molar-refractivity contribution >= 4 is 49.0 Å². The molecule has 1 aliphatic carbocycles. The monoisotopic (exact) mass is 487 g/mol. The highest BCUT2D eigenvalue weighted by Crippen LogP contribution is 2.46. The molecule has 1 saturated carbocycles. The van der Waals surface area contributed by atoms with Gasteiger partial charge in [0.05, 0.1) is 27.3 Å². The lowest BCUT2D eigenvalue weighted by molar-refractivity contribution is -0.643. The zero-order valence-electron chi connectivity index (χ0n) is 23.5. The summed E-state index contributed by atoms with van der Waals surface area (Å²) in [7, 11) is 2.21. The maximum absolute atomic E-state index is 2.62. The second-order valence-corrected chi connectivity index (χ2v) is 13.7. The summed E-state index contributed by atoms with van der Waals surface area (Å²) < 4.78 is 4.96. The summed E-state index contributed by atoms with van der Waals surface area (Å²) in [6.07, 6.45) is 7.47. The van der Waals surface area contributed by atoms with Crippen molar-refractivity contribution in [1.29, 1.82) is 0 Å². The fourth-order valence-electron chi connectivity index (χ4n) is 7.17. The van der Waals surface area contributed by atoms with E-state index >= 15 is 0 Å². The van der Waals surface area contributed by atoms with Gasteiger partial charge in [0.25, 0.3) is 0 Å². The minimum atomic E-state index is 0.106. The number of hydrogen-bond acceptors (Lipinski definition) is 0. The Hall–Kier alpha value is -3.13. The Labute approximate surface area is 220 Å². The Morgan fingerprint density at radius 1 is 0.865 bits per heavy atom. The number of pyridine rings is 2. The number of rotatable bonds is 1. The van der Waals surface area contributed by atoms with Gasteiger partial charge in [0.1, 0.15) is 7.05 Å². The van der Waals surface area contributed by atoms with Crippen LogP contribution in [0.4, 0.5) is 0 Å². The van der Waals surface area contributed by atoms with E-state index in [2.05, 4.69) is 112 Å². The third-order valence-corrected chi connectivity index (χ3v) is 9.53. The van der Waals surface area contributed by atoms with E-state index in [1.54, 1.807) is 0 Å². The molecular weight excluding hydrogens is 448 g/mol. The minimum Gasteiger partial charge on any atom is -0.307 e. The van der Waals surface area contributed by atoms with Gasteiger partial charge in [-0.3, -0.25) is 0 Å². The Morgan fingerprint density at radius 3 is 2.32 bits per heavy atom. The smallest absolute Gasteiger partial charge is 0.224 e. The third-order valence-electron chi connectivity index (χ3n) is 9.53. The molecule has 2 nitrogen and oxygen atoms in total. The van der Waals surface area contributed by atoms with E-state index < -0.39 is 0 Å². The summed E-state index contributed by atoms with van der Waals surface area (Å²) in [6, 6.07) is 19.2. The Morgan fingerprint density at radius 2 is 1.59 bits per heavy atom. The van der Waals surface area contributed by atoms with Crippen LogP contribution in [0.15, 0.2) is 54.7 Å². The van der Waals surface area contributed by atoms with E-state index in [0.717, 1.165) is 0 Å². The highest BCUT2D eigenvalue weighted by atomic mass is 15.0. The van der Waals surface area contributed by atoms with Crippen LogP contribution in [-0.4, -0.2) is 4.40 Å². The molecule has 1 fully saturated rings. The normalized spacial score (nSPS) is 17.3. The molecule has 0 radical (unpaired) electrons. The molecule has 3 aromatic heterocycles. The first-order valence-corrected chi connectivity index (χ1v) is 14.1. The highest BCUT2D eigenvalue weighted by Gasteiger charge is 2.30. The van der Waals surface area contributed by atoms with Gasteiger partial charge in [0.2, 0.25) is 5.52 Å². The maximum atomic E-state index is 2.62. The molecule has 0 N–H and O–H groups in total. The Kier molecular flexibility index (Phi) is 4.65. The molecule has 1 aliphatic rings. The molecule has 188 valence electrons. The molecule has 0 aliphatic heterocycles. The summed E-state index contributed by atoms with van der Waals surface area (Å²) >= 11 is 0. The molecule has 37 heavy (non-hydrogen) atoms. The summed E-state index contributed by atoms with van der Waals surface area (Å²) in [5.41, 5.74) is 10.3. The van der Waals surface area contributed by atoms with Crippen LogP contribution in [0.3, 0.4) is 0 Å². The first-order valence-electron chi connectivity index (χ1n) is 14.1. The van der Waals surface area contributed by atoms with Gasteiger partial charge in [-0.25, -0.2) is 4.57 Å². The Balaban J connectivity index is 1.67. The average molecular weight is 488 g/mol. The van der Waals surface area contributed by atoms with Gasteiger partial charge in [-0.15, -0.1) is 0 Å². The first kappa shape index (κ1) is 23.0. The number of fused-ring (bicyclic) bond motifs is 5. The maximum Gasteiger partial charge on any atom is 0.224 e. The number of aromatic nitrogens is 2. The van der Waals surface area contributed by atoms with Crippen LogP contribution in [0.1, 0.15) is 82.9 Å². The highest BCUT2D eigenvalue weighted by molar-refractivity contribution is 6.25. The van der Waals surface area contributed by atoms with Crippen molar-refractivity contribution < 1.29 is 4.57 Å². The van der Waals surface area contributed by atoms with E-state index in [9.17, 15) is 0 Å². The molecule has 2 heteroatoms. The summed E-state index contributed by atoms with van der Waals surface area (Å²) in [6.45, 7) is 14.1. The van der Waals surface area contributed by atoms with E-state index in [4.69, 9.17) is 0 Å². The number of hydrogen-bond donors (Lipinski definition) is 0. The van der Waals surface area contributed by atoms with Gasteiger partial charge in [-0.2, -0.15) is 0 Å². The lowest BCUT2D eigenvalue weighted by Gasteiger charge is -2.34. The topological polar surface area (TPSA) is 8.29 Å². The zero-order chi connectivity index (χ0) is 25.9. The van der Waals surface area contributed by atoms with Crippen molar-refractivity contribution in [2.75, 3.05) is 0 Å². The molecule has 0 atom stereocenters. The third kappa shape index (κ3) is 3.27. The summed E-state index contributed by atoms with van der Waals surface area (Å²) in [5.74, 6) is 0.646. The summed E-state index contributed by atoms with van der Waals surface area (Å²) in [4.78, 5) is 0. The van der Waals surface area contributed by atoms with Crippen LogP contribution in [0, 0.1) is 12.3 Å². The van der Waals surface area contributed by atoms with Crippen molar-refractivity contribution in [3.05, 3.63) is 71.4 Å². The minimum absolute atomic E-state index is 0.106. The van der Waals surface area contributed by atoms with Crippen molar-refractivity contribution in [2.45, 2.75) is 78.6 Å². The van der Waals surface area contributed by atoms with Gasteiger partial charge in [-0.05, 0) is 83.6 Å². The molecule has 0 saturated heterocycles. The quantitative estimate of drug-likeness (QED) is 0.124. The van der Waals surface area contributed by atoms with Crippen molar-refractivity contribution in [1.82, 2.24) is 4.40 Å². The van der Waals surface area contributed by atoms with Crippen LogP contribution in [-0.2, 0) is 12.5 Å². The van der Waals surface area contributed by atoms with Gasteiger partial charge >= 0.3 is 0 Å². The van der Waals surface area contributed by atoms with Gasteiger partial charge in [0, 0.05) is 16.8 Å². The van der Waals surface area contributed by atoms with Crippen LogP contribution in [0.25, 0.3) is 49.0 Å². The molecular formula is C35H39N2+. The second kappa shape index (κ2) is 7.47. The van der Waals surface area contributed by atoms with E-state index in [0.29, 0.717) is 11.3 Å². The molecule has 0 bridgehead atoms. The first-order chi connectivity index (χ1) is 17.5. The predicted octanol–water partition coefficient (Wildman–Crippen LogP) is 9.10. The van der Waals surface area contributed by atoms with E-state index in [-0.39, 0.29) is 5.41 Å². The van der Waals surface area contributed by atoms with Gasteiger partial charge in [0.15, 0.2) is 6.20 Å². The fourth-order valence-corrected chi connectivity index (χ4v) is 7.17. The number of benzene rings is 3. The lowest BCUT2D eigenvalue weighted by atomic mass is 9.71. The second-order valence-electron chi connectivity index (χ2n) is 13.7. The molecule has 0 unspecified atom stereocenters. The average Bonchev–Trinajstić information content (AvgIpc) is 3.18.